The number of aliphatic hydroxyl groups excluding tert-OH is 1. The molecule has 1 aliphatic carbocycles. The fourth-order valence-corrected chi connectivity index (χ4v) is 6.27. The van der Waals surface area contributed by atoms with Gasteiger partial charge in [0.05, 0.1) is 18.3 Å². The summed E-state index contributed by atoms with van der Waals surface area (Å²) in [4.78, 5) is 16.1. The van der Waals surface area contributed by atoms with Crippen LogP contribution in [0.25, 0.3) is 20.9 Å². The topological polar surface area (TPSA) is 73.6 Å². The van der Waals surface area contributed by atoms with Crippen LogP contribution in [0, 0.1) is 11.3 Å². The summed E-state index contributed by atoms with van der Waals surface area (Å²) < 4.78 is 5.77. The second-order valence-electron chi connectivity index (χ2n) is 9.60. The Morgan fingerprint density at radius 3 is 2.74 bits per heavy atom. The van der Waals surface area contributed by atoms with Gasteiger partial charge in [-0.1, -0.05) is 18.2 Å². The molecule has 1 heterocycles. The molecule has 1 unspecified atom stereocenters. The van der Waals surface area contributed by atoms with Gasteiger partial charge in [-0.3, -0.25) is 0 Å². The molecule has 3 aromatic rings. The lowest BCUT2D eigenvalue weighted by atomic mass is 9.78. The number of aldehydes is 1. The Bertz CT molecular complexity index is 1240. The van der Waals surface area contributed by atoms with Gasteiger partial charge < -0.3 is 19.5 Å². The van der Waals surface area contributed by atoms with Crippen molar-refractivity contribution in [1.29, 1.82) is 5.26 Å². The van der Waals surface area contributed by atoms with Gasteiger partial charge in [0.15, 0.2) is 0 Å². The van der Waals surface area contributed by atoms with E-state index in [9.17, 15) is 15.2 Å². The molecule has 0 spiro atoms. The van der Waals surface area contributed by atoms with Crippen LogP contribution in [0.1, 0.15) is 43.4 Å². The first-order valence-electron chi connectivity index (χ1n) is 12.1. The smallest absolute Gasteiger partial charge is 0.137 e. The third kappa shape index (κ3) is 5.18. The molecule has 0 bridgehead atoms. The highest BCUT2D eigenvalue weighted by atomic mass is 32.1. The maximum Gasteiger partial charge on any atom is 0.137 e. The summed E-state index contributed by atoms with van der Waals surface area (Å²) in [5.74, 6) is 0.613. The molecule has 0 radical (unpaired) electrons. The zero-order chi connectivity index (χ0) is 25.0. The molecule has 1 N–H and O–H groups in total. The van der Waals surface area contributed by atoms with Crippen LogP contribution in [0.5, 0.6) is 5.75 Å². The number of likely N-dealkylation sites (N-methyl/N-ethyl adjacent to an activating group) is 1. The van der Waals surface area contributed by atoms with Gasteiger partial charge in [-0.25, -0.2) is 0 Å². The van der Waals surface area contributed by atoms with Crippen LogP contribution in [0.3, 0.4) is 0 Å². The normalized spacial score (nSPS) is 16.9. The molecule has 6 heteroatoms. The highest BCUT2D eigenvalue weighted by Gasteiger charge is 2.40. The fraction of sp³-hybridized carbons (Fsp3) is 0.379. The zero-order valence-corrected chi connectivity index (χ0v) is 21.4. The average molecular weight is 489 g/mol. The minimum absolute atomic E-state index is 0.0104. The van der Waals surface area contributed by atoms with Crippen molar-refractivity contribution in [3.05, 3.63) is 65.2 Å². The lowest BCUT2D eigenvalue weighted by Crippen LogP contribution is -2.39. The predicted molar refractivity (Wildman–Crippen MR) is 141 cm³/mol. The third-order valence-electron chi connectivity index (χ3n) is 6.75. The van der Waals surface area contributed by atoms with Gasteiger partial charge in [-0.2, -0.15) is 5.26 Å². The molecule has 4 rings (SSSR count). The summed E-state index contributed by atoms with van der Waals surface area (Å²) in [5, 5.41) is 19.0. The Hall–Kier alpha value is -2.98. The van der Waals surface area contributed by atoms with Gasteiger partial charge in [0.2, 0.25) is 0 Å². The van der Waals surface area contributed by atoms with Crippen molar-refractivity contribution in [3.63, 3.8) is 0 Å². The van der Waals surface area contributed by atoms with Crippen molar-refractivity contribution in [2.45, 2.75) is 44.6 Å². The SMILES string of the molecule is CC(C)Oc1ccc(-c2ccc(-c3cccc4c3CCC4(CC=O)CN(C)CCO)s2)cc1C#N. The number of nitriles is 1. The number of rotatable bonds is 10. The summed E-state index contributed by atoms with van der Waals surface area (Å²) in [6.07, 6.45) is 3.39. The monoisotopic (exact) mass is 488 g/mol. The second-order valence-corrected chi connectivity index (χ2v) is 10.7. The van der Waals surface area contributed by atoms with Crippen LogP contribution in [-0.2, 0) is 16.6 Å². The molecule has 35 heavy (non-hydrogen) atoms. The maximum absolute atomic E-state index is 11.7. The lowest BCUT2D eigenvalue weighted by molar-refractivity contribution is -0.109. The van der Waals surface area contributed by atoms with E-state index in [4.69, 9.17) is 4.74 Å². The highest BCUT2D eigenvalue weighted by molar-refractivity contribution is 7.18. The van der Waals surface area contributed by atoms with Gasteiger partial charge in [-0.05, 0) is 86.3 Å². The summed E-state index contributed by atoms with van der Waals surface area (Å²) >= 11 is 1.72. The van der Waals surface area contributed by atoms with Crippen LogP contribution in [0.4, 0.5) is 0 Å². The van der Waals surface area contributed by atoms with Crippen LogP contribution < -0.4 is 4.74 Å². The highest BCUT2D eigenvalue weighted by Crippen LogP contribution is 2.47. The third-order valence-corrected chi connectivity index (χ3v) is 7.92. The molecule has 182 valence electrons. The number of hydrogen-bond donors (Lipinski definition) is 1. The Morgan fingerprint density at radius 1 is 1.23 bits per heavy atom. The number of nitrogens with zero attached hydrogens (tertiary/aromatic N) is 2. The molecule has 2 aromatic carbocycles. The molecule has 1 aromatic heterocycles. The van der Waals surface area contributed by atoms with Crippen LogP contribution in [0.15, 0.2) is 48.5 Å². The van der Waals surface area contributed by atoms with Crippen molar-refractivity contribution in [2.75, 3.05) is 26.7 Å². The number of thiophene rings is 1. The first kappa shape index (κ1) is 25.1. The molecular weight excluding hydrogens is 456 g/mol. The predicted octanol–water partition coefficient (Wildman–Crippen LogP) is 5.44. The lowest BCUT2D eigenvalue weighted by Gasteiger charge is -2.33. The Morgan fingerprint density at radius 2 is 2.03 bits per heavy atom. The summed E-state index contributed by atoms with van der Waals surface area (Å²) in [6, 6.07) is 18.7. The number of carbonyl (C=O) groups excluding carboxylic acids is 1. The van der Waals surface area contributed by atoms with E-state index >= 15 is 0 Å². The first-order chi connectivity index (χ1) is 16.9. The van der Waals surface area contributed by atoms with Crippen molar-refractivity contribution < 1.29 is 14.6 Å². The number of benzene rings is 2. The zero-order valence-electron chi connectivity index (χ0n) is 20.6. The minimum atomic E-state index is -0.217. The Labute approximate surface area is 211 Å². The van der Waals surface area contributed by atoms with Crippen molar-refractivity contribution in [1.82, 2.24) is 4.90 Å². The Balaban J connectivity index is 1.68. The second kappa shape index (κ2) is 10.7. The van der Waals surface area contributed by atoms with Crippen molar-refractivity contribution in [3.8, 4) is 32.7 Å². The van der Waals surface area contributed by atoms with E-state index in [0.29, 0.717) is 24.3 Å². The number of fused-ring (bicyclic) bond motifs is 1. The molecule has 1 aliphatic rings. The van der Waals surface area contributed by atoms with E-state index in [1.54, 1.807) is 11.3 Å². The van der Waals surface area contributed by atoms with E-state index in [1.165, 1.54) is 21.6 Å². The molecule has 0 saturated heterocycles. The fourth-order valence-electron chi connectivity index (χ4n) is 5.21. The molecular formula is C29H32N2O3S. The number of carbonyl (C=O) groups is 1. The van der Waals surface area contributed by atoms with Gasteiger partial charge in [0, 0.05) is 34.7 Å². The van der Waals surface area contributed by atoms with E-state index < -0.39 is 0 Å². The number of hydrogen-bond acceptors (Lipinski definition) is 6. The minimum Gasteiger partial charge on any atom is -0.490 e. The quantitative estimate of drug-likeness (QED) is 0.385. The van der Waals surface area contributed by atoms with Crippen molar-refractivity contribution >= 4 is 17.6 Å². The van der Waals surface area contributed by atoms with E-state index in [0.717, 1.165) is 36.1 Å². The van der Waals surface area contributed by atoms with Crippen molar-refractivity contribution in [2.24, 2.45) is 0 Å². The summed E-state index contributed by atoms with van der Waals surface area (Å²) in [7, 11) is 2.00. The molecule has 1 atom stereocenters. The summed E-state index contributed by atoms with van der Waals surface area (Å²) in [5.41, 5.74) is 5.11. The number of aliphatic hydroxyl groups is 1. The van der Waals surface area contributed by atoms with E-state index in [-0.39, 0.29) is 18.1 Å². The summed E-state index contributed by atoms with van der Waals surface area (Å²) in [6.45, 7) is 5.35. The molecule has 0 fully saturated rings. The molecule has 0 aliphatic heterocycles. The van der Waals surface area contributed by atoms with Crippen LogP contribution >= 0.6 is 11.3 Å². The molecule has 0 saturated carbocycles. The number of ether oxygens (including phenoxy) is 1. The van der Waals surface area contributed by atoms with Crippen LogP contribution in [0.2, 0.25) is 0 Å². The van der Waals surface area contributed by atoms with Gasteiger partial charge in [-0.15, -0.1) is 11.3 Å². The Kier molecular flexibility index (Phi) is 7.71. The largest absolute Gasteiger partial charge is 0.490 e. The average Bonchev–Trinajstić information content (AvgIpc) is 3.45. The van der Waals surface area contributed by atoms with Gasteiger partial charge >= 0.3 is 0 Å². The van der Waals surface area contributed by atoms with Gasteiger partial charge in [0.25, 0.3) is 0 Å². The van der Waals surface area contributed by atoms with Gasteiger partial charge in [0.1, 0.15) is 18.1 Å². The van der Waals surface area contributed by atoms with E-state index in [2.05, 4.69) is 41.3 Å². The van der Waals surface area contributed by atoms with Crippen LogP contribution in [-0.4, -0.2) is 49.1 Å². The maximum atomic E-state index is 11.7. The van der Waals surface area contributed by atoms with E-state index in [1.807, 2.05) is 39.1 Å². The standard InChI is InChI=1S/C29H32N2O3S/c1-20(2)34-26-8-7-21(17-22(26)18-30)27-9-10-28(35-27)24-5-4-6-25-23(24)11-12-29(25,13-15-32)19-31(3)14-16-33/h4-10,15,17,20,33H,11-14,16,19H2,1-3H3. The molecule has 5 nitrogen and oxygen atoms in total. The first-order valence-corrected chi connectivity index (χ1v) is 12.9. The molecule has 0 amide bonds.